The highest BCUT2D eigenvalue weighted by molar-refractivity contribution is 5.93. The molecule has 160 valence electrons. The van der Waals surface area contributed by atoms with Gasteiger partial charge in [0.05, 0.1) is 0 Å². The molecule has 0 aromatic carbocycles. The Bertz CT molecular complexity index is 902. The van der Waals surface area contributed by atoms with E-state index in [2.05, 4.69) is 14.9 Å². The average molecular weight is 418 g/mol. The summed E-state index contributed by atoms with van der Waals surface area (Å²) in [7, 11) is 0. The van der Waals surface area contributed by atoms with Crippen molar-refractivity contribution in [3.05, 3.63) is 53.5 Å². The van der Waals surface area contributed by atoms with Crippen molar-refractivity contribution in [1.29, 1.82) is 0 Å². The summed E-state index contributed by atoms with van der Waals surface area (Å²) in [6, 6.07) is 8.02. The zero-order chi connectivity index (χ0) is 21.1. The summed E-state index contributed by atoms with van der Waals surface area (Å²) in [5.74, 6) is 0.875. The number of likely N-dealkylation sites (tertiary alicyclic amines) is 1. The summed E-state index contributed by atoms with van der Waals surface area (Å²) in [6.45, 7) is 2.99. The number of hydrogen-bond donors (Lipinski definition) is 0. The first-order valence-corrected chi connectivity index (χ1v) is 10.4. The van der Waals surface area contributed by atoms with Crippen molar-refractivity contribution in [2.75, 3.05) is 31.1 Å². The Kier molecular flexibility index (Phi) is 6.04. The zero-order valence-electron chi connectivity index (χ0n) is 16.7. The first kappa shape index (κ1) is 20.8. The zero-order valence-corrected chi connectivity index (χ0v) is 16.7. The lowest BCUT2D eigenvalue weighted by molar-refractivity contribution is -0.141. The highest BCUT2D eigenvalue weighted by atomic mass is 19.4. The number of anilines is 1. The van der Waals surface area contributed by atoms with Gasteiger partial charge >= 0.3 is 6.18 Å². The van der Waals surface area contributed by atoms with Gasteiger partial charge in [0.15, 0.2) is 0 Å². The van der Waals surface area contributed by atoms with Crippen molar-refractivity contribution in [1.82, 2.24) is 14.9 Å². The number of carbonyl (C=O) groups is 1. The van der Waals surface area contributed by atoms with Crippen LogP contribution in [-0.4, -0.2) is 47.0 Å². The van der Waals surface area contributed by atoms with Gasteiger partial charge in [-0.15, -0.1) is 0 Å². The summed E-state index contributed by atoms with van der Waals surface area (Å²) in [5, 5.41) is 0. The number of carbonyl (C=O) groups excluding carboxylic acids is 1. The molecule has 0 saturated carbocycles. The minimum atomic E-state index is -4.42. The van der Waals surface area contributed by atoms with Crippen LogP contribution in [0.2, 0.25) is 0 Å². The fourth-order valence-corrected chi connectivity index (χ4v) is 4.29. The summed E-state index contributed by atoms with van der Waals surface area (Å²) in [5.41, 5.74) is 0.714. The Morgan fingerprint density at radius 2 is 1.97 bits per heavy atom. The van der Waals surface area contributed by atoms with E-state index < -0.39 is 11.9 Å². The molecule has 0 aliphatic carbocycles. The van der Waals surface area contributed by atoms with Crippen molar-refractivity contribution in [2.24, 2.45) is 0 Å². The van der Waals surface area contributed by atoms with Crippen LogP contribution in [0.3, 0.4) is 0 Å². The molecular formula is C22H25F3N4O. The molecule has 30 heavy (non-hydrogen) atoms. The first-order valence-electron chi connectivity index (χ1n) is 10.4. The van der Waals surface area contributed by atoms with E-state index in [4.69, 9.17) is 0 Å². The third kappa shape index (κ3) is 4.64. The molecule has 0 spiro atoms. The van der Waals surface area contributed by atoms with E-state index in [1.54, 1.807) is 17.2 Å². The smallest absolute Gasteiger partial charge is 0.302 e. The van der Waals surface area contributed by atoms with Gasteiger partial charge in [0, 0.05) is 43.9 Å². The number of piperidine rings is 1. The molecule has 1 atom stereocenters. The molecular weight excluding hydrogens is 393 g/mol. The van der Waals surface area contributed by atoms with E-state index in [9.17, 15) is 18.0 Å². The highest BCUT2D eigenvalue weighted by Crippen LogP contribution is 2.31. The molecule has 2 saturated heterocycles. The largest absolute Gasteiger partial charge is 0.433 e. The topological polar surface area (TPSA) is 49.3 Å². The predicted octanol–water partition coefficient (Wildman–Crippen LogP) is 4.04. The molecule has 1 unspecified atom stereocenters. The lowest BCUT2D eigenvalue weighted by Crippen LogP contribution is -2.36. The van der Waals surface area contributed by atoms with Crippen LogP contribution in [0, 0.1) is 0 Å². The molecule has 8 heteroatoms. The van der Waals surface area contributed by atoms with Crippen LogP contribution >= 0.6 is 0 Å². The van der Waals surface area contributed by atoms with E-state index in [-0.39, 0.29) is 11.8 Å². The third-order valence-corrected chi connectivity index (χ3v) is 5.90. The number of hydrogen-bond acceptors (Lipinski definition) is 4. The second-order valence-corrected chi connectivity index (χ2v) is 7.97. The van der Waals surface area contributed by atoms with Crippen molar-refractivity contribution in [2.45, 2.75) is 44.2 Å². The molecule has 2 fully saturated rings. The molecule has 2 aliphatic heterocycles. The summed E-state index contributed by atoms with van der Waals surface area (Å²) >= 11 is 0. The van der Waals surface area contributed by atoms with Crippen molar-refractivity contribution < 1.29 is 18.0 Å². The fraction of sp³-hybridized carbons (Fsp3) is 0.500. The molecule has 2 aromatic rings. The van der Waals surface area contributed by atoms with Gasteiger partial charge in [-0.05, 0) is 56.0 Å². The standard InChI is InChI=1S/C22H25F3N4O/c23-22(24,25)19-7-3-6-18(27-19)17-10-14-28(15-17)13-9-16-5-4-11-26-21(16)29-12-2-1-8-20(29)30/h3-7,11,17H,1-2,8-10,12-15H2. The SMILES string of the molecule is O=C1CCCCN1c1ncccc1CCN1CCC(c2cccc(C(F)(F)F)n2)C1. The van der Waals surface area contributed by atoms with Crippen molar-refractivity contribution in [3.63, 3.8) is 0 Å². The summed E-state index contributed by atoms with van der Waals surface area (Å²) in [6.07, 6.45) is 1.31. The second-order valence-electron chi connectivity index (χ2n) is 7.97. The van der Waals surface area contributed by atoms with Gasteiger partial charge in [0.25, 0.3) is 0 Å². The van der Waals surface area contributed by atoms with Gasteiger partial charge in [-0.25, -0.2) is 9.97 Å². The van der Waals surface area contributed by atoms with Gasteiger partial charge in [-0.1, -0.05) is 12.1 Å². The first-order chi connectivity index (χ1) is 14.4. The Balaban J connectivity index is 1.39. The van der Waals surface area contributed by atoms with E-state index in [0.717, 1.165) is 56.2 Å². The molecule has 5 nitrogen and oxygen atoms in total. The van der Waals surface area contributed by atoms with Gasteiger partial charge in [0.1, 0.15) is 11.5 Å². The lowest BCUT2D eigenvalue weighted by Gasteiger charge is -2.28. The van der Waals surface area contributed by atoms with Crippen LogP contribution in [-0.2, 0) is 17.4 Å². The Labute approximate surface area is 173 Å². The molecule has 4 heterocycles. The van der Waals surface area contributed by atoms with E-state index in [1.807, 2.05) is 12.1 Å². The molecule has 0 N–H and O–H groups in total. The van der Waals surface area contributed by atoms with Crippen LogP contribution in [0.25, 0.3) is 0 Å². The molecule has 1 amide bonds. The number of halogens is 3. The highest BCUT2D eigenvalue weighted by Gasteiger charge is 2.34. The van der Waals surface area contributed by atoms with Crippen LogP contribution in [0.15, 0.2) is 36.5 Å². The van der Waals surface area contributed by atoms with E-state index in [1.165, 1.54) is 6.07 Å². The van der Waals surface area contributed by atoms with Crippen LogP contribution in [0.5, 0.6) is 0 Å². The molecule has 2 aromatic heterocycles. The quantitative estimate of drug-likeness (QED) is 0.735. The number of alkyl halides is 3. The number of pyridine rings is 2. The van der Waals surface area contributed by atoms with Gasteiger partial charge < -0.3 is 4.90 Å². The molecule has 0 radical (unpaired) electrons. The molecule has 4 rings (SSSR count). The van der Waals surface area contributed by atoms with Gasteiger partial charge in [-0.2, -0.15) is 13.2 Å². The molecule has 2 aliphatic rings. The normalized spacial score (nSPS) is 20.7. The second kappa shape index (κ2) is 8.71. The number of rotatable bonds is 5. The minimum Gasteiger partial charge on any atom is -0.302 e. The number of nitrogens with zero attached hydrogens (tertiary/aromatic N) is 4. The maximum atomic E-state index is 13.0. The number of aromatic nitrogens is 2. The van der Waals surface area contributed by atoms with Crippen molar-refractivity contribution >= 4 is 11.7 Å². The van der Waals surface area contributed by atoms with E-state index >= 15 is 0 Å². The van der Waals surface area contributed by atoms with Gasteiger partial charge in [-0.3, -0.25) is 9.69 Å². The Morgan fingerprint density at radius 3 is 2.77 bits per heavy atom. The third-order valence-electron chi connectivity index (χ3n) is 5.90. The predicted molar refractivity (Wildman–Crippen MR) is 107 cm³/mol. The Hall–Kier alpha value is -2.48. The fourth-order valence-electron chi connectivity index (χ4n) is 4.29. The lowest BCUT2D eigenvalue weighted by atomic mass is 10.0. The van der Waals surface area contributed by atoms with Crippen molar-refractivity contribution in [3.8, 4) is 0 Å². The average Bonchev–Trinajstić information content (AvgIpc) is 3.22. The summed E-state index contributed by atoms with van der Waals surface area (Å²) in [4.78, 5) is 24.7. The maximum absolute atomic E-state index is 13.0. The van der Waals surface area contributed by atoms with Crippen LogP contribution in [0.4, 0.5) is 19.0 Å². The molecule has 0 bridgehead atoms. The number of amides is 1. The maximum Gasteiger partial charge on any atom is 0.433 e. The van der Waals surface area contributed by atoms with Crippen LogP contribution < -0.4 is 4.90 Å². The summed E-state index contributed by atoms with van der Waals surface area (Å²) < 4.78 is 38.9. The van der Waals surface area contributed by atoms with Crippen LogP contribution in [0.1, 0.15) is 48.6 Å². The van der Waals surface area contributed by atoms with Gasteiger partial charge in [0.2, 0.25) is 5.91 Å². The monoisotopic (exact) mass is 418 g/mol. The van der Waals surface area contributed by atoms with E-state index in [0.29, 0.717) is 25.2 Å². The Morgan fingerprint density at radius 1 is 1.10 bits per heavy atom. The minimum absolute atomic E-state index is 0.00402.